The standard InChI is InChI=1S/C14H23N3/c1-17(2)14(13-11-15-8-9-16-13)10-12-6-4-3-5-7-12/h3-7,13-16H,8-11H2,1-2H3. The molecule has 0 aliphatic carbocycles. The zero-order valence-electron chi connectivity index (χ0n) is 10.8. The molecular formula is C14H23N3. The highest BCUT2D eigenvalue weighted by Gasteiger charge is 2.24. The summed E-state index contributed by atoms with van der Waals surface area (Å²) in [4.78, 5) is 2.33. The van der Waals surface area contributed by atoms with Gasteiger partial charge in [-0.15, -0.1) is 0 Å². The Morgan fingerprint density at radius 1 is 1.24 bits per heavy atom. The normalized spacial score (nSPS) is 22.6. The summed E-state index contributed by atoms with van der Waals surface area (Å²) in [5.74, 6) is 0. The van der Waals surface area contributed by atoms with Gasteiger partial charge in [0.15, 0.2) is 0 Å². The highest BCUT2D eigenvalue weighted by atomic mass is 15.2. The van der Waals surface area contributed by atoms with Crippen molar-refractivity contribution in [2.24, 2.45) is 0 Å². The summed E-state index contributed by atoms with van der Waals surface area (Å²) in [6, 6.07) is 11.8. The number of rotatable bonds is 4. The Labute approximate surface area is 104 Å². The monoisotopic (exact) mass is 233 g/mol. The van der Waals surface area contributed by atoms with Gasteiger partial charge in [0.05, 0.1) is 0 Å². The van der Waals surface area contributed by atoms with Crippen molar-refractivity contribution in [2.75, 3.05) is 33.7 Å². The Bertz CT molecular complexity index is 317. The van der Waals surface area contributed by atoms with E-state index in [9.17, 15) is 0 Å². The van der Waals surface area contributed by atoms with Crippen LogP contribution in [0.15, 0.2) is 30.3 Å². The van der Waals surface area contributed by atoms with Crippen molar-refractivity contribution >= 4 is 0 Å². The molecule has 2 rings (SSSR count). The Balaban J connectivity index is 2.01. The predicted molar refractivity (Wildman–Crippen MR) is 72.3 cm³/mol. The largest absolute Gasteiger partial charge is 0.314 e. The summed E-state index contributed by atoms with van der Waals surface area (Å²) < 4.78 is 0. The maximum absolute atomic E-state index is 3.62. The molecule has 0 radical (unpaired) electrons. The van der Waals surface area contributed by atoms with Crippen LogP contribution in [0.3, 0.4) is 0 Å². The molecule has 0 bridgehead atoms. The van der Waals surface area contributed by atoms with Crippen LogP contribution in [0.4, 0.5) is 0 Å². The smallest absolute Gasteiger partial charge is 0.0352 e. The second kappa shape index (κ2) is 6.15. The van der Waals surface area contributed by atoms with Crippen LogP contribution < -0.4 is 10.6 Å². The van der Waals surface area contributed by atoms with Gasteiger partial charge in [-0.05, 0) is 26.1 Å². The van der Waals surface area contributed by atoms with E-state index in [1.54, 1.807) is 0 Å². The van der Waals surface area contributed by atoms with E-state index in [1.165, 1.54) is 5.56 Å². The summed E-state index contributed by atoms with van der Waals surface area (Å²) in [6.45, 7) is 3.22. The number of likely N-dealkylation sites (N-methyl/N-ethyl adjacent to an activating group) is 1. The van der Waals surface area contributed by atoms with E-state index in [0.717, 1.165) is 26.1 Å². The summed E-state index contributed by atoms with van der Waals surface area (Å²) in [5, 5.41) is 7.08. The van der Waals surface area contributed by atoms with Crippen LogP contribution in [-0.2, 0) is 6.42 Å². The van der Waals surface area contributed by atoms with Crippen LogP contribution in [-0.4, -0.2) is 50.7 Å². The Kier molecular flexibility index (Phi) is 4.54. The van der Waals surface area contributed by atoms with Crippen LogP contribution in [0, 0.1) is 0 Å². The van der Waals surface area contributed by atoms with E-state index in [0.29, 0.717) is 12.1 Å². The topological polar surface area (TPSA) is 27.3 Å². The fourth-order valence-electron chi connectivity index (χ4n) is 2.49. The summed E-state index contributed by atoms with van der Waals surface area (Å²) >= 11 is 0. The minimum absolute atomic E-state index is 0.541. The molecule has 1 saturated heterocycles. The average Bonchev–Trinajstić information content (AvgIpc) is 2.38. The van der Waals surface area contributed by atoms with E-state index in [1.807, 2.05) is 0 Å². The van der Waals surface area contributed by atoms with Crippen molar-refractivity contribution < 1.29 is 0 Å². The van der Waals surface area contributed by atoms with E-state index < -0.39 is 0 Å². The van der Waals surface area contributed by atoms with Gasteiger partial charge in [0.1, 0.15) is 0 Å². The third-order valence-electron chi connectivity index (χ3n) is 3.49. The number of hydrogen-bond donors (Lipinski definition) is 2. The second-order valence-corrected chi connectivity index (χ2v) is 4.99. The third kappa shape index (κ3) is 3.53. The lowest BCUT2D eigenvalue weighted by atomic mass is 9.97. The van der Waals surface area contributed by atoms with Gasteiger partial charge in [0.2, 0.25) is 0 Å². The minimum Gasteiger partial charge on any atom is -0.314 e. The molecule has 2 atom stereocenters. The Morgan fingerprint density at radius 2 is 2.00 bits per heavy atom. The molecule has 1 aromatic rings. The summed E-state index contributed by atoms with van der Waals surface area (Å²) in [7, 11) is 4.34. The van der Waals surface area contributed by atoms with Gasteiger partial charge in [0, 0.05) is 31.7 Å². The van der Waals surface area contributed by atoms with Crippen molar-refractivity contribution in [3.8, 4) is 0 Å². The third-order valence-corrected chi connectivity index (χ3v) is 3.49. The van der Waals surface area contributed by atoms with E-state index in [4.69, 9.17) is 0 Å². The van der Waals surface area contributed by atoms with Gasteiger partial charge in [-0.2, -0.15) is 0 Å². The van der Waals surface area contributed by atoms with Gasteiger partial charge < -0.3 is 15.5 Å². The van der Waals surface area contributed by atoms with Gasteiger partial charge in [-0.1, -0.05) is 30.3 Å². The Hall–Kier alpha value is -0.900. The molecule has 0 spiro atoms. The Morgan fingerprint density at radius 3 is 2.59 bits per heavy atom. The first-order valence-electron chi connectivity index (χ1n) is 6.42. The zero-order chi connectivity index (χ0) is 12.1. The van der Waals surface area contributed by atoms with Gasteiger partial charge in [-0.3, -0.25) is 0 Å². The van der Waals surface area contributed by atoms with Crippen LogP contribution in [0.1, 0.15) is 5.56 Å². The van der Waals surface area contributed by atoms with Crippen molar-refractivity contribution in [1.82, 2.24) is 15.5 Å². The molecule has 17 heavy (non-hydrogen) atoms. The summed E-state index contributed by atoms with van der Waals surface area (Å²) in [6.07, 6.45) is 1.10. The van der Waals surface area contributed by atoms with Gasteiger partial charge in [0.25, 0.3) is 0 Å². The molecule has 0 amide bonds. The highest BCUT2D eigenvalue weighted by molar-refractivity contribution is 5.16. The van der Waals surface area contributed by atoms with Crippen LogP contribution in [0.5, 0.6) is 0 Å². The first kappa shape index (κ1) is 12.6. The second-order valence-electron chi connectivity index (χ2n) is 4.99. The number of nitrogens with zero attached hydrogens (tertiary/aromatic N) is 1. The van der Waals surface area contributed by atoms with Crippen LogP contribution in [0.25, 0.3) is 0 Å². The van der Waals surface area contributed by atoms with E-state index in [2.05, 4.69) is 60.0 Å². The maximum atomic E-state index is 3.62. The molecule has 94 valence electrons. The highest BCUT2D eigenvalue weighted by Crippen LogP contribution is 2.11. The lowest BCUT2D eigenvalue weighted by Gasteiger charge is -2.36. The molecule has 0 aromatic heterocycles. The number of piperazine rings is 1. The molecule has 2 unspecified atom stereocenters. The zero-order valence-corrected chi connectivity index (χ0v) is 10.8. The van der Waals surface area contributed by atoms with E-state index in [-0.39, 0.29) is 0 Å². The molecule has 1 aromatic carbocycles. The fraction of sp³-hybridized carbons (Fsp3) is 0.571. The first-order chi connectivity index (χ1) is 8.27. The average molecular weight is 233 g/mol. The molecule has 3 nitrogen and oxygen atoms in total. The fourth-order valence-corrected chi connectivity index (χ4v) is 2.49. The quantitative estimate of drug-likeness (QED) is 0.802. The maximum Gasteiger partial charge on any atom is 0.0352 e. The molecule has 3 heteroatoms. The number of benzene rings is 1. The minimum atomic E-state index is 0.541. The molecule has 1 aliphatic heterocycles. The lowest BCUT2D eigenvalue weighted by Crippen LogP contribution is -2.58. The van der Waals surface area contributed by atoms with Crippen molar-refractivity contribution in [3.05, 3.63) is 35.9 Å². The van der Waals surface area contributed by atoms with E-state index >= 15 is 0 Å². The molecular weight excluding hydrogens is 210 g/mol. The molecule has 1 aliphatic rings. The first-order valence-corrected chi connectivity index (χ1v) is 6.42. The molecule has 1 heterocycles. The van der Waals surface area contributed by atoms with Crippen LogP contribution >= 0.6 is 0 Å². The van der Waals surface area contributed by atoms with Crippen molar-refractivity contribution in [3.63, 3.8) is 0 Å². The van der Waals surface area contributed by atoms with Crippen LogP contribution in [0.2, 0.25) is 0 Å². The SMILES string of the molecule is CN(C)C(Cc1ccccc1)C1CNCCN1. The van der Waals surface area contributed by atoms with Crippen molar-refractivity contribution in [1.29, 1.82) is 0 Å². The molecule has 1 fully saturated rings. The van der Waals surface area contributed by atoms with Gasteiger partial charge in [-0.25, -0.2) is 0 Å². The molecule has 0 saturated carbocycles. The number of nitrogens with one attached hydrogen (secondary N) is 2. The van der Waals surface area contributed by atoms with Crippen molar-refractivity contribution in [2.45, 2.75) is 18.5 Å². The number of hydrogen-bond acceptors (Lipinski definition) is 3. The summed E-state index contributed by atoms with van der Waals surface area (Å²) in [5.41, 5.74) is 1.42. The van der Waals surface area contributed by atoms with Gasteiger partial charge >= 0.3 is 0 Å². The lowest BCUT2D eigenvalue weighted by molar-refractivity contribution is 0.209. The predicted octanol–water partition coefficient (Wildman–Crippen LogP) is 0.721. The molecule has 2 N–H and O–H groups in total.